The number of likely N-dealkylation sites (tertiary alicyclic amines) is 1. The fourth-order valence-electron chi connectivity index (χ4n) is 5.78. The highest BCUT2D eigenvalue weighted by molar-refractivity contribution is 5.68. The van der Waals surface area contributed by atoms with E-state index in [1.807, 2.05) is 52.0 Å². The van der Waals surface area contributed by atoms with Gasteiger partial charge in [-0.1, -0.05) is 0 Å². The van der Waals surface area contributed by atoms with Gasteiger partial charge < -0.3 is 29.3 Å². The molecule has 0 saturated carbocycles. The molecule has 2 aliphatic rings. The molecule has 3 aromatic rings. The number of nitrogens with one attached hydrogen (secondary N) is 1. The van der Waals surface area contributed by atoms with Crippen LogP contribution < -0.4 is 19.7 Å². The summed E-state index contributed by atoms with van der Waals surface area (Å²) in [5.41, 5.74) is 0.424. The van der Waals surface area contributed by atoms with Crippen LogP contribution in [0.3, 0.4) is 0 Å². The Kier molecular flexibility index (Phi) is 10.4. The zero-order valence-electron chi connectivity index (χ0n) is 27.1. The smallest absolute Gasteiger partial charge is 0.418 e. The maximum Gasteiger partial charge on any atom is 0.418 e. The van der Waals surface area contributed by atoms with Gasteiger partial charge in [0.05, 0.1) is 29.1 Å². The number of hydrogen-bond donors (Lipinski definition) is 1. The number of halogens is 4. The van der Waals surface area contributed by atoms with Crippen LogP contribution in [0.5, 0.6) is 11.6 Å². The Morgan fingerprint density at radius 1 is 1.04 bits per heavy atom. The topological polar surface area (TPSA) is 89.1 Å². The van der Waals surface area contributed by atoms with Crippen LogP contribution in [0.15, 0.2) is 48.7 Å². The van der Waals surface area contributed by atoms with E-state index in [2.05, 4.69) is 10.3 Å². The first kappa shape index (κ1) is 34.2. The minimum Gasteiger partial charge on any atom is -0.488 e. The van der Waals surface area contributed by atoms with Gasteiger partial charge in [-0.15, -0.1) is 0 Å². The number of ether oxygens (including phenoxy) is 3. The SMILES string of the molecule is CCOc1ncccc1-c1ccc(OC2CCN(c3ccc(F)cc3C(F)(F)F)CC2)c(CN[C@@H]2CCN(C(=O)OC(C)(C)C)C2)n1. The quantitative estimate of drug-likeness (QED) is 0.250. The first-order chi connectivity index (χ1) is 22.3. The van der Waals surface area contributed by atoms with E-state index in [-0.39, 0.29) is 23.9 Å². The van der Waals surface area contributed by atoms with Gasteiger partial charge in [0.25, 0.3) is 0 Å². The number of benzene rings is 1. The average molecular weight is 660 g/mol. The second-order valence-corrected chi connectivity index (χ2v) is 12.7. The summed E-state index contributed by atoms with van der Waals surface area (Å²) in [6, 6.07) is 10.2. The van der Waals surface area contributed by atoms with Crippen molar-refractivity contribution in [3.63, 3.8) is 0 Å². The van der Waals surface area contributed by atoms with Crippen molar-refractivity contribution in [2.24, 2.45) is 0 Å². The molecule has 5 rings (SSSR count). The Labute approximate surface area is 272 Å². The Balaban J connectivity index is 1.31. The van der Waals surface area contributed by atoms with Gasteiger partial charge in [-0.2, -0.15) is 13.2 Å². The molecule has 254 valence electrons. The standard InChI is InChI=1S/C34H41F4N5O4/c1-5-45-31-25(7-6-15-39-31)27-9-11-30(28(41-27)20-40-23-12-16-43(21-23)32(44)47-33(2,3)4)46-24-13-17-42(18-14-24)29-10-8-22(35)19-26(29)34(36,37)38/h6-11,15,19,23-24,40H,5,12-14,16-18,20-21H2,1-4H3/t23-/m1/s1. The van der Waals surface area contributed by atoms with Gasteiger partial charge in [0.15, 0.2) is 0 Å². The molecule has 0 aliphatic carbocycles. The number of hydrogen-bond acceptors (Lipinski definition) is 8. The van der Waals surface area contributed by atoms with Crippen molar-refractivity contribution >= 4 is 11.8 Å². The van der Waals surface area contributed by atoms with Crippen molar-refractivity contribution in [1.82, 2.24) is 20.2 Å². The molecule has 1 amide bonds. The first-order valence-electron chi connectivity index (χ1n) is 15.9. The highest BCUT2D eigenvalue weighted by Crippen LogP contribution is 2.38. The third-order valence-electron chi connectivity index (χ3n) is 8.00. The van der Waals surface area contributed by atoms with E-state index in [0.717, 1.165) is 18.1 Å². The number of aromatic nitrogens is 2. The highest BCUT2D eigenvalue weighted by atomic mass is 19.4. The molecule has 47 heavy (non-hydrogen) atoms. The number of piperidine rings is 1. The molecule has 4 heterocycles. The zero-order valence-corrected chi connectivity index (χ0v) is 27.1. The lowest BCUT2D eigenvalue weighted by Crippen LogP contribution is -2.39. The third kappa shape index (κ3) is 8.82. The molecule has 2 saturated heterocycles. The van der Waals surface area contributed by atoms with Gasteiger partial charge in [0.1, 0.15) is 23.3 Å². The van der Waals surface area contributed by atoms with Crippen molar-refractivity contribution in [1.29, 1.82) is 0 Å². The fraction of sp³-hybridized carbons (Fsp3) is 0.500. The predicted octanol–water partition coefficient (Wildman–Crippen LogP) is 6.85. The lowest BCUT2D eigenvalue weighted by molar-refractivity contribution is -0.137. The first-order valence-corrected chi connectivity index (χ1v) is 15.9. The second-order valence-electron chi connectivity index (χ2n) is 12.7. The molecule has 0 bridgehead atoms. The molecular weight excluding hydrogens is 618 g/mol. The van der Waals surface area contributed by atoms with E-state index in [1.54, 1.807) is 16.0 Å². The summed E-state index contributed by atoms with van der Waals surface area (Å²) < 4.78 is 72.4. The van der Waals surface area contributed by atoms with E-state index in [4.69, 9.17) is 19.2 Å². The van der Waals surface area contributed by atoms with E-state index in [1.165, 1.54) is 6.07 Å². The fourth-order valence-corrected chi connectivity index (χ4v) is 5.78. The summed E-state index contributed by atoms with van der Waals surface area (Å²) in [6.07, 6.45) is -1.95. The van der Waals surface area contributed by atoms with Gasteiger partial charge in [-0.05, 0) is 76.6 Å². The van der Waals surface area contributed by atoms with E-state index < -0.39 is 23.2 Å². The van der Waals surface area contributed by atoms with Gasteiger partial charge in [0.2, 0.25) is 5.88 Å². The molecular formula is C34H41F4N5O4. The summed E-state index contributed by atoms with van der Waals surface area (Å²) in [7, 11) is 0. The normalized spacial score (nSPS) is 17.6. The van der Waals surface area contributed by atoms with Crippen LogP contribution in [0.1, 0.15) is 58.2 Å². The molecule has 1 N–H and O–H groups in total. The minimum absolute atomic E-state index is 0.0139. The minimum atomic E-state index is -4.67. The number of anilines is 1. The number of carbonyl (C=O) groups excluding carboxylic acids is 1. The molecule has 2 fully saturated rings. The zero-order chi connectivity index (χ0) is 33.8. The Bertz CT molecular complexity index is 1540. The van der Waals surface area contributed by atoms with Crippen molar-refractivity contribution < 1.29 is 36.6 Å². The Morgan fingerprint density at radius 3 is 2.51 bits per heavy atom. The summed E-state index contributed by atoms with van der Waals surface area (Å²) in [4.78, 5) is 25.2. The predicted molar refractivity (Wildman–Crippen MR) is 169 cm³/mol. The summed E-state index contributed by atoms with van der Waals surface area (Å²) >= 11 is 0. The molecule has 13 heteroatoms. The third-order valence-corrected chi connectivity index (χ3v) is 8.00. The lowest BCUT2D eigenvalue weighted by atomic mass is 10.0. The monoisotopic (exact) mass is 659 g/mol. The number of pyridine rings is 2. The van der Waals surface area contributed by atoms with Gasteiger partial charge in [-0.25, -0.2) is 19.2 Å². The van der Waals surface area contributed by atoms with Gasteiger partial charge >= 0.3 is 12.3 Å². The Morgan fingerprint density at radius 2 is 1.81 bits per heavy atom. The van der Waals surface area contributed by atoms with Crippen molar-refractivity contribution in [3.8, 4) is 22.9 Å². The van der Waals surface area contributed by atoms with Crippen molar-refractivity contribution in [3.05, 3.63) is 65.7 Å². The highest BCUT2D eigenvalue weighted by Gasteiger charge is 2.36. The average Bonchev–Trinajstić information content (AvgIpc) is 3.50. The van der Waals surface area contributed by atoms with Gasteiger partial charge in [-0.3, -0.25) is 0 Å². The molecule has 9 nitrogen and oxygen atoms in total. The van der Waals surface area contributed by atoms with Crippen molar-refractivity contribution in [2.45, 2.75) is 77.4 Å². The maximum atomic E-state index is 13.7. The molecule has 2 aliphatic heterocycles. The van der Waals surface area contributed by atoms with Crippen LogP contribution in [0.4, 0.5) is 28.0 Å². The van der Waals surface area contributed by atoms with E-state index >= 15 is 0 Å². The summed E-state index contributed by atoms with van der Waals surface area (Å²) in [6.45, 7) is 9.87. The van der Waals surface area contributed by atoms with Crippen LogP contribution >= 0.6 is 0 Å². The molecule has 1 atom stereocenters. The second kappa shape index (κ2) is 14.3. The number of alkyl halides is 3. The molecule has 1 aromatic carbocycles. The van der Waals surface area contributed by atoms with E-state index in [0.29, 0.717) is 81.3 Å². The number of carbonyl (C=O) groups is 1. The molecule has 0 spiro atoms. The van der Waals surface area contributed by atoms with E-state index in [9.17, 15) is 22.4 Å². The lowest BCUT2D eigenvalue weighted by Gasteiger charge is -2.35. The molecule has 0 unspecified atom stereocenters. The van der Waals surface area contributed by atoms with Crippen LogP contribution in [-0.4, -0.2) is 71.5 Å². The number of amides is 1. The van der Waals surface area contributed by atoms with Crippen LogP contribution in [0.25, 0.3) is 11.3 Å². The van der Waals surface area contributed by atoms with Gasteiger partial charge in [0, 0.05) is 63.5 Å². The largest absolute Gasteiger partial charge is 0.488 e. The summed E-state index contributed by atoms with van der Waals surface area (Å²) in [5, 5.41) is 3.51. The van der Waals surface area contributed by atoms with Crippen molar-refractivity contribution in [2.75, 3.05) is 37.7 Å². The molecule has 0 radical (unpaired) electrons. The van der Waals surface area contributed by atoms with Crippen LogP contribution in [0, 0.1) is 5.82 Å². The number of nitrogens with zero attached hydrogens (tertiary/aromatic N) is 4. The maximum absolute atomic E-state index is 13.7. The van der Waals surface area contributed by atoms with Crippen LogP contribution in [0.2, 0.25) is 0 Å². The molecule has 2 aromatic heterocycles. The Hall–Kier alpha value is -4.13. The summed E-state index contributed by atoms with van der Waals surface area (Å²) in [5.74, 6) is 0.0952. The number of rotatable bonds is 9. The van der Waals surface area contributed by atoms with Crippen LogP contribution in [-0.2, 0) is 17.5 Å².